The Kier molecular flexibility index (Phi) is 1.90. The van der Waals surface area contributed by atoms with Gasteiger partial charge in [-0.3, -0.25) is 0 Å². The minimum Gasteiger partial charge on any atom is -0.364 e. The molecular weight excluding hydrogens is 112 g/mol. The monoisotopic (exact) mass is 123 g/mol. The lowest BCUT2D eigenvalue weighted by atomic mass is 10.2. The Morgan fingerprint density at radius 3 is 2.89 bits per heavy atom. The van der Waals surface area contributed by atoms with Gasteiger partial charge in [0, 0.05) is 18.9 Å². The van der Waals surface area contributed by atoms with Gasteiger partial charge in [-0.05, 0) is 19.1 Å². The number of aromatic amines is 1. The second-order valence-corrected chi connectivity index (χ2v) is 2.06. The number of aromatic nitrogens is 1. The molecule has 1 radical (unpaired) electrons. The number of hydrogen-bond acceptors (Lipinski definition) is 0. The van der Waals surface area contributed by atoms with Crippen LogP contribution in [0.3, 0.4) is 0 Å². The molecule has 0 saturated heterocycles. The van der Waals surface area contributed by atoms with Gasteiger partial charge in [0.2, 0.25) is 0 Å². The van der Waals surface area contributed by atoms with Crippen LogP contribution in [0.25, 0.3) is 0 Å². The second kappa shape index (κ2) is 2.69. The fraction of sp³-hybridized carbons (Fsp3) is 0.429. The van der Waals surface area contributed by atoms with Crippen molar-refractivity contribution in [2.24, 2.45) is 0 Å². The second-order valence-electron chi connectivity index (χ2n) is 2.06. The van der Waals surface area contributed by atoms with Crippen molar-refractivity contribution in [2.75, 3.05) is 7.05 Å². The minimum absolute atomic E-state index is 0.306. The van der Waals surface area contributed by atoms with Gasteiger partial charge in [-0.25, -0.2) is 5.32 Å². The molecule has 1 aromatic rings. The summed E-state index contributed by atoms with van der Waals surface area (Å²) in [5.41, 5.74) is 1.18. The van der Waals surface area contributed by atoms with Crippen LogP contribution in [0.2, 0.25) is 0 Å². The molecule has 1 atom stereocenters. The summed E-state index contributed by atoms with van der Waals surface area (Å²) in [6.45, 7) is 2.06. The Morgan fingerprint density at radius 2 is 2.44 bits per heavy atom. The number of rotatable bonds is 2. The average Bonchev–Trinajstić information content (AvgIpc) is 2.37. The first-order chi connectivity index (χ1) is 4.34. The van der Waals surface area contributed by atoms with E-state index in [9.17, 15) is 0 Å². The zero-order chi connectivity index (χ0) is 6.69. The first-order valence-corrected chi connectivity index (χ1v) is 3.07. The van der Waals surface area contributed by atoms with E-state index >= 15 is 0 Å². The third-order valence-corrected chi connectivity index (χ3v) is 1.46. The van der Waals surface area contributed by atoms with E-state index in [1.165, 1.54) is 5.69 Å². The van der Waals surface area contributed by atoms with Crippen molar-refractivity contribution in [2.45, 2.75) is 13.0 Å². The summed E-state index contributed by atoms with van der Waals surface area (Å²) in [6.07, 6.45) is 1.91. The zero-order valence-electron chi connectivity index (χ0n) is 5.76. The van der Waals surface area contributed by atoms with Crippen LogP contribution in [0.4, 0.5) is 0 Å². The Balaban J connectivity index is 2.65. The van der Waals surface area contributed by atoms with Crippen molar-refractivity contribution in [3.8, 4) is 0 Å². The van der Waals surface area contributed by atoms with Crippen LogP contribution in [-0.4, -0.2) is 12.0 Å². The van der Waals surface area contributed by atoms with Gasteiger partial charge in [-0.1, -0.05) is 0 Å². The highest BCUT2D eigenvalue weighted by Crippen LogP contribution is 2.07. The van der Waals surface area contributed by atoms with Crippen LogP contribution in [0.15, 0.2) is 18.3 Å². The third kappa shape index (κ3) is 1.33. The maximum absolute atomic E-state index is 4.10. The van der Waals surface area contributed by atoms with Crippen LogP contribution >= 0.6 is 0 Å². The fourth-order valence-corrected chi connectivity index (χ4v) is 0.743. The molecule has 2 heteroatoms. The molecule has 0 spiro atoms. The number of hydrogen-bond donors (Lipinski definition) is 1. The van der Waals surface area contributed by atoms with Crippen molar-refractivity contribution in [3.05, 3.63) is 24.0 Å². The fourth-order valence-electron chi connectivity index (χ4n) is 0.743. The molecule has 1 heterocycles. The lowest BCUT2D eigenvalue weighted by molar-refractivity contribution is 0.624. The summed E-state index contributed by atoms with van der Waals surface area (Å²) in [5.74, 6) is 0. The van der Waals surface area contributed by atoms with E-state index < -0.39 is 0 Å². The van der Waals surface area contributed by atoms with Crippen molar-refractivity contribution in [3.63, 3.8) is 0 Å². The highest BCUT2D eigenvalue weighted by atomic mass is 14.9. The number of nitrogens with one attached hydrogen (secondary N) is 1. The molecule has 0 aliphatic rings. The molecule has 1 N–H and O–H groups in total. The van der Waals surface area contributed by atoms with Gasteiger partial charge in [-0.15, -0.1) is 0 Å². The van der Waals surface area contributed by atoms with Crippen molar-refractivity contribution in [1.29, 1.82) is 0 Å². The Hall–Kier alpha value is -0.760. The van der Waals surface area contributed by atoms with E-state index in [0.29, 0.717) is 6.04 Å². The maximum atomic E-state index is 4.10. The minimum atomic E-state index is 0.306. The van der Waals surface area contributed by atoms with Crippen molar-refractivity contribution < 1.29 is 0 Å². The van der Waals surface area contributed by atoms with E-state index in [-0.39, 0.29) is 0 Å². The maximum Gasteiger partial charge on any atom is 0.0614 e. The summed E-state index contributed by atoms with van der Waals surface area (Å²) in [7, 11) is 1.82. The normalized spacial score (nSPS) is 13.6. The molecular formula is C7H11N2. The third-order valence-electron chi connectivity index (χ3n) is 1.46. The van der Waals surface area contributed by atoms with Crippen LogP contribution in [0.5, 0.6) is 0 Å². The lowest BCUT2D eigenvalue weighted by Gasteiger charge is -2.03. The molecule has 0 bridgehead atoms. The first kappa shape index (κ1) is 6.36. The largest absolute Gasteiger partial charge is 0.364 e. The summed E-state index contributed by atoms with van der Waals surface area (Å²) in [6, 6.07) is 4.33. The smallest absolute Gasteiger partial charge is 0.0614 e. The van der Waals surface area contributed by atoms with E-state index in [2.05, 4.69) is 17.2 Å². The van der Waals surface area contributed by atoms with E-state index in [1.807, 2.05) is 25.4 Å². The summed E-state index contributed by atoms with van der Waals surface area (Å²) < 4.78 is 0. The molecule has 0 aliphatic carbocycles. The first-order valence-electron chi connectivity index (χ1n) is 3.07. The average molecular weight is 123 g/mol. The quantitative estimate of drug-likeness (QED) is 0.614. The molecule has 1 unspecified atom stereocenters. The van der Waals surface area contributed by atoms with E-state index in [4.69, 9.17) is 0 Å². The lowest BCUT2D eigenvalue weighted by Crippen LogP contribution is -2.04. The highest BCUT2D eigenvalue weighted by molar-refractivity contribution is 5.07. The number of nitrogens with zero attached hydrogens (tertiary/aromatic N) is 1. The Morgan fingerprint density at radius 1 is 1.67 bits per heavy atom. The topological polar surface area (TPSA) is 29.9 Å². The Labute approximate surface area is 55.3 Å². The van der Waals surface area contributed by atoms with Crippen LogP contribution in [-0.2, 0) is 0 Å². The molecule has 0 saturated carbocycles. The summed E-state index contributed by atoms with van der Waals surface area (Å²) in [5, 5.41) is 4.10. The van der Waals surface area contributed by atoms with Gasteiger partial charge in [-0.2, -0.15) is 0 Å². The van der Waals surface area contributed by atoms with Gasteiger partial charge in [0.25, 0.3) is 0 Å². The van der Waals surface area contributed by atoms with Gasteiger partial charge < -0.3 is 4.98 Å². The molecule has 2 nitrogen and oxygen atoms in total. The predicted molar refractivity (Wildman–Crippen MR) is 37.3 cm³/mol. The van der Waals surface area contributed by atoms with Crippen molar-refractivity contribution in [1.82, 2.24) is 10.3 Å². The van der Waals surface area contributed by atoms with Crippen LogP contribution < -0.4 is 5.32 Å². The molecule has 1 rings (SSSR count). The van der Waals surface area contributed by atoms with Gasteiger partial charge in [0.15, 0.2) is 0 Å². The van der Waals surface area contributed by atoms with Crippen molar-refractivity contribution >= 4 is 0 Å². The molecule has 1 aromatic heterocycles. The van der Waals surface area contributed by atoms with E-state index in [1.54, 1.807) is 0 Å². The molecule has 0 aromatic carbocycles. The van der Waals surface area contributed by atoms with Gasteiger partial charge in [0.1, 0.15) is 0 Å². The molecule has 0 amide bonds. The van der Waals surface area contributed by atoms with Crippen LogP contribution in [0, 0.1) is 0 Å². The summed E-state index contributed by atoms with van der Waals surface area (Å²) in [4.78, 5) is 3.09. The van der Waals surface area contributed by atoms with Gasteiger partial charge >= 0.3 is 0 Å². The van der Waals surface area contributed by atoms with Gasteiger partial charge in [0.05, 0.1) is 6.04 Å². The molecule has 49 valence electrons. The standard InChI is InChI=1S/C7H11N2/c1-6(8-2)7-4-3-5-9-7/h3-6,9H,1-2H3. The molecule has 9 heavy (non-hydrogen) atoms. The van der Waals surface area contributed by atoms with E-state index in [0.717, 1.165) is 0 Å². The summed E-state index contributed by atoms with van der Waals surface area (Å²) >= 11 is 0. The highest BCUT2D eigenvalue weighted by Gasteiger charge is 2.00. The molecule has 0 aliphatic heterocycles. The zero-order valence-corrected chi connectivity index (χ0v) is 5.76. The Bertz CT molecular complexity index is 155. The number of H-pyrrole nitrogens is 1. The molecule has 0 fully saturated rings. The van der Waals surface area contributed by atoms with Crippen LogP contribution in [0.1, 0.15) is 18.7 Å². The SMILES string of the molecule is C[N]C(C)c1ccc[nH]1. The predicted octanol–water partition coefficient (Wildman–Crippen LogP) is 1.31.